The molecule has 5 atom stereocenters. The molecule has 2 saturated carbocycles. The van der Waals surface area contributed by atoms with Gasteiger partial charge in [0, 0.05) is 24.5 Å². The van der Waals surface area contributed by atoms with E-state index in [1.165, 1.54) is 32.1 Å². The number of carbonyl (C=O) groups excluding carboxylic acids is 1. The number of hydrogen-bond acceptors (Lipinski definition) is 8. The van der Waals surface area contributed by atoms with E-state index in [9.17, 15) is 14.7 Å². The van der Waals surface area contributed by atoms with Crippen molar-refractivity contribution in [2.24, 2.45) is 17.6 Å². The van der Waals surface area contributed by atoms with Gasteiger partial charge in [-0.15, -0.1) is 0 Å². The molecule has 2 bridgehead atoms. The number of nitrogens with one attached hydrogen (secondary N) is 1. The zero-order valence-corrected chi connectivity index (χ0v) is 23.1. The third-order valence-electron chi connectivity index (χ3n) is 9.18. The van der Waals surface area contributed by atoms with Gasteiger partial charge in [-0.25, -0.2) is 4.98 Å². The van der Waals surface area contributed by atoms with Crippen LogP contribution in [0.15, 0.2) is 29.1 Å². The zero-order valence-electron chi connectivity index (χ0n) is 23.1. The Hall–Kier alpha value is -2.62. The molecule has 3 aliphatic rings. The summed E-state index contributed by atoms with van der Waals surface area (Å²) in [6.45, 7) is 2.01. The second-order valence-electron chi connectivity index (χ2n) is 11.8. The second-order valence-corrected chi connectivity index (χ2v) is 11.8. The number of benzene rings is 1. The van der Waals surface area contributed by atoms with E-state index in [4.69, 9.17) is 15.9 Å². The largest absolute Gasteiger partial charge is 0.466 e. The summed E-state index contributed by atoms with van der Waals surface area (Å²) < 4.78 is 6.74. The third kappa shape index (κ3) is 5.95. The summed E-state index contributed by atoms with van der Waals surface area (Å²) in [5.74, 6) is 1.10. The number of piperidine rings is 1. The molecule has 0 amide bonds. The number of esters is 1. The number of fused-ring (bicyclic) bond motifs is 3. The Bertz CT molecular complexity index is 1230. The van der Waals surface area contributed by atoms with Crippen LogP contribution in [0.5, 0.6) is 0 Å². The van der Waals surface area contributed by atoms with Gasteiger partial charge in [-0.2, -0.15) is 0 Å². The molecule has 212 valence electrons. The number of rotatable bonds is 8. The topological polar surface area (TPSA) is 135 Å². The number of ether oxygens (including phenoxy) is 1. The van der Waals surface area contributed by atoms with Crippen LogP contribution in [0.3, 0.4) is 0 Å². The molecule has 1 aliphatic heterocycles. The summed E-state index contributed by atoms with van der Waals surface area (Å²) in [6, 6.07) is 7.49. The molecule has 2 aliphatic carbocycles. The fraction of sp³-hybridized carbons (Fsp3) is 0.667. The van der Waals surface area contributed by atoms with Gasteiger partial charge in [-0.3, -0.25) is 14.5 Å². The van der Waals surface area contributed by atoms with Gasteiger partial charge in [0.05, 0.1) is 42.5 Å². The SMILES string of the molecule is CCOC(=O)CCC(=N)c1nc2ccccc2n(C2CC(N)N(C3CC4CCCCC(C4)C3)C(CO)C2)c1=O. The first-order valence-electron chi connectivity index (χ1n) is 14.8. The molecular formula is C30H43N5O4. The Morgan fingerprint density at radius 3 is 2.49 bits per heavy atom. The van der Waals surface area contributed by atoms with E-state index in [2.05, 4.69) is 9.88 Å². The lowest BCUT2D eigenvalue weighted by molar-refractivity contribution is -0.142. The molecule has 0 spiro atoms. The van der Waals surface area contributed by atoms with Crippen LogP contribution in [-0.4, -0.2) is 62.7 Å². The van der Waals surface area contributed by atoms with Gasteiger partial charge in [0.15, 0.2) is 0 Å². The van der Waals surface area contributed by atoms with Crippen molar-refractivity contribution >= 4 is 22.7 Å². The molecule has 9 heteroatoms. The van der Waals surface area contributed by atoms with E-state index in [0.717, 1.165) is 24.7 Å². The zero-order chi connectivity index (χ0) is 27.5. The van der Waals surface area contributed by atoms with Gasteiger partial charge >= 0.3 is 5.97 Å². The quantitative estimate of drug-likeness (QED) is 0.345. The highest BCUT2D eigenvalue weighted by molar-refractivity contribution is 5.98. The molecule has 3 fully saturated rings. The smallest absolute Gasteiger partial charge is 0.306 e. The number of nitrogens with zero attached hydrogens (tertiary/aromatic N) is 3. The molecule has 1 saturated heterocycles. The van der Waals surface area contributed by atoms with Crippen LogP contribution in [0.25, 0.3) is 11.0 Å². The van der Waals surface area contributed by atoms with Crippen molar-refractivity contribution in [2.45, 2.75) is 102 Å². The predicted molar refractivity (Wildman–Crippen MR) is 151 cm³/mol. The van der Waals surface area contributed by atoms with Crippen LogP contribution < -0.4 is 11.3 Å². The van der Waals surface area contributed by atoms with E-state index in [-0.39, 0.29) is 61.3 Å². The van der Waals surface area contributed by atoms with Gasteiger partial charge < -0.3 is 25.6 Å². The van der Waals surface area contributed by atoms with Crippen LogP contribution in [-0.2, 0) is 9.53 Å². The minimum absolute atomic E-state index is 0.00395. The molecule has 5 unspecified atom stereocenters. The fourth-order valence-electron chi connectivity index (χ4n) is 7.55. The molecule has 2 heterocycles. The van der Waals surface area contributed by atoms with Crippen molar-refractivity contribution in [3.8, 4) is 0 Å². The maximum absolute atomic E-state index is 13.9. The summed E-state index contributed by atoms with van der Waals surface area (Å²) in [4.78, 5) is 32.7. The normalized spacial score (nSPS) is 29.6. The van der Waals surface area contributed by atoms with E-state index >= 15 is 0 Å². The van der Waals surface area contributed by atoms with Crippen molar-refractivity contribution in [1.82, 2.24) is 14.5 Å². The first-order chi connectivity index (χ1) is 18.9. The number of carbonyl (C=O) groups is 1. The lowest BCUT2D eigenvalue weighted by Gasteiger charge is -2.50. The lowest BCUT2D eigenvalue weighted by atomic mass is 9.76. The first kappa shape index (κ1) is 27.9. The van der Waals surface area contributed by atoms with Crippen molar-refractivity contribution in [3.63, 3.8) is 0 Å². The Kier molecular flexibility index (Phi) is 8.79. The number of aliphatic hydroxyl groups excluding tert-OH is 1. The van der Waals surface area contributed by atoms with Crippen LogP contribution in [0.1, 0.15) is 89.3 Å². The second kappa shape index (κ2) is 12.3. The van der Waals surface area contributed by atoms with E-state index < -0.39 is 5.97 Å². The number of para-hydroxylation sites is 2. The molecule has 9 nitrogen and oxygen atoms in total. The third-order valence-corrected chi connectivity index (χ3v) is 9.18. The number of aliphatic hydroxyl groups is 1. The molecule has 39 heavy (non-hydrogen) atoms. The monoisotopic (exact) mass is 537 g/mol. The van der Waals surface area contributed by atoms with Crippen molar-refractivity contribution in [3.05, 3.63) is 40.3 Å². The first-order valence-corrected chi connectivity index (χ1v) is 14.8. The molecular weight excluding hydrogens is 494 g/mol. The number of aromatic nitrogens is 2. The van der Waals surface area contributed by atoms with Crippen LogP contribution in [0.2, 0.25) is 0 Å². The maximum Gasteiger partial charge on any atom is 0.306 e. The lowest BCUT2D eigenvalue weighted by Crippen LogP contribution is -2.60. The van der Waals surface area contributed by atoms with E-state index in [0.29, 0.717) is 29.9 Å². The highest BCUT2D eigenvalue weighted by atomic mass is 16.5. The van der Waals surface area contributed by atoms with E-state index in [1.54, 1.807) is 11.5 Å². The molecule has 2 aromatic rings. The van der Waals surface area contributed by atoms with E-state index in [1.807, 2.05) is 24.3 Å². The van der Waals surface area contributed by atoms with Crippen LogP contribution in [0, 0.1) is 17.2 Å². The minimum atomic E-state index is -0.393. The molecule has 0 radical (unpaired) electrons. The summed E-state index contributed by atoms with van der Waals surface area (Å²) in [7, 11) is 0. The number of likely N-dealkylation sites (tertiary alicyclic amines) is 1. The molecule has 4 N–H and O–H groups in total. The molecule has 5 rings (SSSR count). The van der Waals surface area contributed by atoms with Crippen LogP contribution >= 0.6 is 0 Å². The van der Waals surface area contributed by atoms with Gasteiger partial charge in [0.25, 0.3) is 5.56 Å². The highest BCUT2D eigenvalue weighted by Crippen LogP contribution is 2.43. The molecule has 1 aromatic heterocycles. The summed E-state index contributed by atoms with van der Waals surface area (Å²) in [6.07, 6.45) is 9.90. The number of hydrogen-bond donors (Lipinski definition) is 3. The fourth-order valence-corrected chi connectivity index (χ4v) is 7.55. The Morgan fingerprint density at radius 1 is 1.08 bits per heavy atom. The Morgan fingerprint density at radius 2 is 1.79 bits per heavy atom. The summed E-state index contributed by atoms with van der Waals surface area (Å²) >= 11 is 0. The van der Waals surface area contributed by atoms with Crippen molar-refractivity contribution < 1.29 is 14.6 Å². The van der Waals surface area contributed by atoms with Gasteiger partial charge in [-0.1, -0.05) is 37.8 Å². The number of nitrogens with two attached hydrogens (primary N) is 1. The summed E-state index contributed by atoms with van der Waals surface area (Å²) in [5, 5.41) is 19.1. The molecule has 1 aromatic carbocycles. The van der Waals surface area contributed by atoms with Gasteiger partial charge in [0.2, 0.25) is 0 Å². The van der Waals surface area contributed by atoms with Crippen molar-refractivity contribution in [2.75, 3.05) is 13.2 Å². The summed E-state index contributed by atoms with van der Waals surface area (Å²) in [5.41, 5.74) is 7.96. The van der Waals surface area contributed by atoms with Gasteiger partial charge in [-0.05, 0) is 63.0 Å². The Labute approximate surface area is 230 Å². The average molecular weight is 538 g/mol. The van der Waals surface area contributed by atoms with Gasteiger partial charge in [0.1, 0.15) is 5.69 Å². The standard InChI is InChI=1S/C30H43N5O4/c1-2-39-28(37)12-11-24(31)29-30(38)35(26-10-6-5-9-25(26)33-29)22-16-23(18-36)34(27(32)17-22)21-14-19-7-3-4-8-20(13-19)15-21/h5-6,9-10,19-23,27,31,36H,2-4,7-8,11-18,32H2,1H3. The average Bonchev–Trinajstić information content (AvgIpc) is 3.10. The maximum atomic E-state index is 13.9. The Balaban J connectivity index is 1.43. The van der Waals surface area contributed by atoms with Crippen molar-refractivity contribution in [1.29, 1.82) is 5.41 Å². The van der Waals surface area contributed by atoms with Crippen LogP contribution in [0.4, 0.5) is 0 Å². The highest BCUT2D eigenvalue weighted by Gasteiger charge is 2.42. The predicted octanol–water partition coefficient (Wildman–Crippen LogP) is 3.75. The minimum Gasteiger partial charge on any atom is -0.466 e.